The van der Waals surface area contributed by atoms with Crippen molar-refractivity contribution in [3.63, 3.8) is 0 Å². The Kier molecular flexibility index (Phi) is 5.23. The molecular formula is C17H27N3OS2. The molecule has 3 heterocycles. The highest BCUT2D eigenvalue weighted by Gasteiger charge is 2.30. The summed E-state index contributed by atoms with van der Waals surface area (Å²) in [7, 11) is 0. The number of rotatable bonds is 3. The quantitative estimate of drug-likeness (QED) is 0.905. The zero-order valence-corrected chi connectivity index (χ0v) is 15.3. The zero-order chi connectivity index (χ0) is 15.6. The smallest absolute Gasteiger partial charge is 0.101 e. The lowest BCUT2D eigenvalue weighted by atomic mass is 9.80. The second-order valence-electron chi connectivity index (χ2n) is 7.05. The molecular weight excluding hydrogens is 326 g/mol. The topological polar surface area (TPSA) is 41.3 Å². The molecule has 4 nitrogen and oxygen atoms in total. The molecule has 23 heavy (non-hydrogen) atoms. The molecule has 1 N–H and O–H groups in total. The summed E-state index contributed by atoms with van der Waals surface area (Å²) < 4.78 is 2.16. The van der Waals surface area contributed by atoms with Crippen LogP contribution < -0.4 is 0 Å². The Hall–Kier alpha value is -0.170. The molecule has 1 aliphatic carbocycles. The number of hydrogen-bond donors (Lipinski definition) is 1. The second kappa shape index (κ2) is 7.38. The van der Waals surface area contributed by atoms with E-state index in [9.17, 15) is 5.11 Å². The second-order valence-corrected chi connectivity index (χ2v) is 9.35. The van der Waals surface area contributed by atoms with E-state index in [4.69, 9.17) is 5.10 Å². The van der Waals surface area contributed by atoms with Crippen LogP contribution in [0, 0.1) is 5.92 Å². The molecule has 1 saturated heterocycles. The number of aryl methyl sites for hydroxylation is 1. The number of nitrogens with zero attached hydrogens (tertiary/aromatic N) is 3. The Morgan fingerprint density at radius 2 is 1.91 bits per heavy atom. The highest BCUT2D eigenvalue weighted by molar-refractivity contribution is 8.03. The first-order chi connectivity index (χ1) is 11.3. The number of aromatic nitrogens is 2. The van der Waals surface area contributed by atoms with Crippen molar-refractivity contribution in [2.75, 3.05) is 29.6 Å². The van der Waals surface area contributed by atoms with E-state index in [2.05, 4.69) is 39.2 Å². The lowest BCUT2D eigenvalue weighted by molar-refractivity contribution is 0.0580. The molecule has 0 aromatic carbocycles. The van der Waals surface area contributed by atoms with Gasteiger partial charge in [-0.3, -0.25) is 9.58 Å². The van der Waals surface area contributed by atoms with Gasteiger partial charge in [0, 0.05) is 48.7 Å². The van der Waals surface area contributed by atoms with Crippen LogP contribution in [0.1, 0.15) is 43.2 Å². The molecule has 1 saturated carbocycles. The van der Waals surface area contributed by atoms with Crippen LogP contribution in [0.25, 0.3) is 0 Å². The van der Waals surface area contributed by atoms with Gasteiger partial charge in [-0.25, -0.2) is 0 Å². The summed E-state index contributed by atoms with van der Waals surface area (Å²) >= 11 is 4.21. The van der Waals surface area contributed by atoms with Crippen LogP contribution in [0.4, 0.5) is 0 Å². The maximum absolute atomic E-state index is 10.5. The third kappa shape index (κ3) is 3.60. The predicted molar refractivity (Wildman–Crippen MR) is 98.0 cm³/mol. The minimum atomic E-state index is -0.347. The molecule has 1 aromatic heterocycles. The van der Waals surface area contributed by atoms with Gasteiger partial charge in [-0.2, -0.15) is 28.6 Å². The number of aliphatic hydroxyl groups excluding tert-OH is 1. The highest BCUT2D eigenvalue weighted by atomic mass is 32.2. The average molecular weight is 354 g/mol. The molecule has 0 spiro atoms. The Morgan fingerprint density at radius 3 is 2.61 bits per heavy atom. The van der Waals surface area contributed by atoms with Gasteiger partial charge in [0.05, 0.1) is 11.4 Å². The maximum atomic E-state index is 10.5. The summed E-state index contributed by atoms with van der Waals surface area (Å²) in [5.41, 5.74) is 2.21. The SMILES string of the molecule is O[C@H](c1cc2n(n1)CCCN(C1CSCCSC1)C2)C1CCC1. The molecule has 128 valence electrons. The number of aliphatic hydroxyl groups is 1. The summed E-state index contributed by atoms with van der Waals surface area (Å²) in [5.74, 6) is 5.56. The van der Waals surface area contributed by atoms with E-state index in [0.717, 1.165) is 31.6 Å². The van der Waals surface area contributed by atoms with Crippen LogP contribution in [0.5, 0.6) is 0 Å². The zero-order valence-electron chi connectivity index (χ0n) is 13.7. The minimum absolute atomic E-state index is 0.347. The molecule has 2 aliphatic heterocycles. The van der Waals surface area contributed by atoms with E-state index >= 15 is 0 Å². The molecule has 2 fully saturated rings. The van der Waals surface area contributed by atoms with Crippen LogP contribution >= 0.6 is 23.5 Å². The Labute approximate surface area is 147 Å². The fourth-order valence-corrected chi connectivity index (χ4v) is 6.40. The normalized spacial score (nSPS) is 26.1. The van der Waals surface area contributed by atoms with Gasteiger partial charge in [-0.1, -0.05) is 6.42 Å². The number of fused-ring (bicyclic) bond motifs is 1. The van der Waals surface area contributed by atoms with Gasteiger partial charge >= 0.3 is 0 Å². The molecule has 1 aromatic rings. The first-order valence-electron chi connectivity index (χ1n) is 8.95. The van der Waals surface area contributed by atoms with Gasteiger partial charge in [0.2, 0.25) is 0 Å². The summed E-state index contributed by atoms with van der Waals surface area (Å²) in [6, 6.07) is 2.87. The van der Waals surface area contributed by atoms with Crippen LogP contribution in [-0.2, 0) is 13.1 Å². The average Bonchev–Trinajstić information content (AvgIpc) is 2.69. The molecule has 0 radical (unpaired) electrons. The van der Waals surface area contributed by atoms with Gasteiger partial charge in [0.15, 0.2) is 0 Å². The van der Waals surface area contributed by atoms with Crippen molar-refractivity contribution in [2.24, 2.45) is 5.92 Å². The molecule has 4 rings (SSSR count). The van der Waals surface area contributed by atoms with Crippen molar-refractivity contribution in [1.29, 1.82) is 0 Å². The van der Waals surface area contributed by atoms with Gasteiger partial charge in [0.1, 0.15) is 6.10 Å². The third-order valence-electron chi connectivity index (χ3n) is 5.47. The summed E-state index contributed by atoms with van der Waals surface area (Å²) in [6.45, 7) is 3.17. The van der Waals surface area contributed by atoms with Crippen molar-refractivity contribution in [3.8, 4) is 0 Å². The number of thioether (sulfide) groups is 2. The van der Waals surface area contributed by atoms with Crippen LogP contribution in [-0.4, -0.2) is 55.4 Å². The van der Waals surface area contributed by atoms with Gasteiger partial charge in [0.25, 0.3) is 0 Å². The molecule has 0 unspecified atom stereocenters. The van der Waals surface area contributed by atoms with E-state index in [1.165, 1.54) is 48.1 Å². The van der Waals surface area contributed by atoms with E-state index < -0.39 is 0 Å². The summed E-state index contributed by atoms with van der Waals surface area (Å²) in [6.07, 6.45) is 4.40. The summed E-state index contributed by atoms with van der Waals surface area (Å²) in [4.78, 5) is 2.66. The molecule has 0 bridgehead atoms. The minimum Gasteiger partial charge on any atom is -0.386 e. The van der Waals surface area contributed by atoms with Gasteiger partial charge in [-0.15, -0.1) is 0 Å². The van der Waals surface area contributed by atoms with Crippen molar-refractivity contribution in [1.82, 2.24) is 14.7 Å². The van der Waals surface area contributed by atoms with Gasteiger partial charge in [-0.05, 0) is 31.2 Å². The largest absolute Gasteiger partial charge is 0.386 e. The van der Waals surface area contributed by atoms with Crippen molar-refractivity contribution in [2.45, 2.75) is 50.9 Å². The van der Waals surface area contributed by atoms with Crippen molar-refractivity contribution >= 4 is 23.5 Å². The third-order valence-corrected chi connectivity index (χ3v) is 7.96. The van der Waals surface area contributed by atoms with Gasteiger partial charge < -0.3 is 5.11 Å². The van der Waals surface area contributed by atoms with Crippen LogP contribution in [0.2, 0.25) is 0 Å². The lowest BCUT2D eigenvalue weighted by Crippen LogP contribution is -2.38. The van der Waals surface area contributed by atoms with Crippen LogP contribution in [0.3, 0.4) is 0 Å². The Morgan fingerprint density at radius 1 is 1.13 bits per heavy atom. The first-order valence-corrected chi connectivity index (χ1v) is 11.3. The summed E-state index contributed by atoms with van der Waals surface area (Å²) in [5, 5.41) is 15.3. The monoisotopic (exact) mass is 353 g/mol. The molecule has 0 amide bonds. The lowest BCUT2D eigenvalue weighted by Gasteiger charge is -2.29. The highest BCUT2D eigenvalue weighted by Crippen LogP contribution is 2.37. The fraction of sp³-hybridized carbons (Fsp3) is 0.824. The standard InChI is InChI=1S/C17H27N3OS2/c21-17(13-3-1-4-13)16-9-14-10-19(5-2-6-20(14)18-16)15-11-22-7-8-23-12-15/h9,13,15,17,21H,1-8,10-12H2/t17-/m0/s1. The molecule has 1 atom stereocenters. The van der Waals surface area contributed by atoms with Crippen molar-refractivity contribution in [3.05, 3.63) is 17.5 Å². The Bertz CT molecular complexity index is 524. The van der Waals surface area contributed by atoms with Crippen LogP contribution in [0.15, 0.2) is 6.07 Å². The molecule has 6 heteroatoms. The van der Waals surface area contributed by atoms with Crippen molar-refractivity contribution < 1.29 is 5.11 Å². The van der Waals surface area contributed by atoms with E-state index in [-0.39, 0.29) is 6.10 Å². The number of hydrogen-bond acceptors (Lipinski definition) is 5. The van der Waals surface area contributed by atoms with E-state index in [0.29, 0.717) is 12.0 Å². The predicted octanol–water partition coefficient (Wildman–Crippen LogP) is 2.77. The first kappa shape index (κ1) is 16.3. The molecule has 3 aliphatic rings. The van der Waals surface area contributed by atoms with E-state index in [1.54, 1.807) is 0 Å². The Balaban J connectivity index is 1.48. The maximum Gasteiger partial charge on any atom is 0.101 e. The van der Waals surface area contributed by atoms with E-state index in [1.807, 2.05) is 0 Å². The fourth-order valence-electron chi connectivity index (χ4n) is 3.78.